The van der Waals surface area contributed by atoms with Gasteiger partial charge in [0, 0.05) is 120 Å². The van der Waals surface area contributed by atoms with Crippen LogP contribution in [0.1, 0.15) is 51.0 Å². The van der Waals surface area contributed by atoms with Gasteiger partial charge in [0.2, 0.25) is 11.8 Å². The number of alkyl halides is 1. The molecule has 4 aliphatic heterocycles. The van der Waals surface area contributed by atoms with E-state index in [-0.39, 0.29) is 18.5 Å². The third-order valence-corrected chi connectivity index (χ3v) is 13.6. The number of benzene rings is 4. The van der Waals surface area contributed by atoms with Gasteiger partial charge in [0.25, 0.3) is 0 Å². The largest absolute Gasteiger partial charge is 0.494 e. The summed E-state index contributed by atoms with van der Waals surface area (Å²) in [6, 6.07) is 23.4. The molecule has 2 fully saturated rings. The SMILES string of the molecule is C=O.II.I[I-]I.O=C1CCc2ccc(OCCCCN3CCN(c4cccc(Cl)c4Cl)CC3)cc2N1.O=C1CCc2ccc(OCCCCN3CCN(c4cccc(Cl)c4Cl)CC3)cc2N1CO.[2H]CF. The summed E-state index contributed by atoms with van der Waals surface area (Å²) >= 11 is 34.6. The Morgan fingerprint density at radius 2 is 1.13 bits per heavy atom. The number of halogens is 10. The van der Waals surface area contributed by atoms with E-state index in [0.29, 0.717) is 65.8 Å². The van der Waals surface area contributed by atoms with Crippen molar-refractivity contribution < 1.29 is 48.0 Å². The molecule has 4 aromatic rings. The predicted molar refractivity (Wildman–Crippen MR) is 323 cm³/mol. The van der Waals surface area contributed by atoms with Crippen LogP contribution in [0.4, 0.5) is 27.1 Å². The number of unbranched alkanes of at least 4 members (excludes halogenated alkanes) is 2. The molecule has 0 atom stereocenters. The molecule has 4 aromatic carbocycles. The quantitative estimate of drug-likeness (QED) is 0.0880. The summed E-state index contributed by atoms with van der Waals surface area (Å²) in [5, 5.41) is 14.9. The van der Waals surface area contributed by atoms with Gasteiger partial charge in [-0.1, -0.05) is 70.7 Å². The van der Waals surface area contributed by atoms with E-state index >= 15 is 0 Å². The fourth-order valence-corrected chi connectivity index (χ4v) is 9.19. The van der Waals surface area contributed by atoms with Gasteiger partial charge in [0.05, 0.1) is 58.9 Å². The molecule has 2 saturated heterocycles. The van der Waals surface area contributed by atoms with Crippen molar-refractivity contribution in [1.82, 2.24) is 9.80 Å². The number of hydrogen-bond acceptors (Lipinski definition) is 10. The number of ether oxygens (including phenoxy) is 2. The van der Waals surface area contributed by atoms with Crippen molar-refractivity contribution in [2.24, 2.45) is 0 Å². The third-order valence-electron chi connectivity index (χ3n) is 11.9. The summed E-state index contributed by atoms with van der Waals surface area (Å²) in [6.07, 6.45) is 6.63. The minimum absolute atomic E-state index is 0.0464. The van der Waals surface area contributed by atoms with Crippen LogP contribution < -0.4 is 42.7 Å². The van der Waals surface area contributed by atoms with Crippen LogP contribution >= 0.6 is 121 Å². The molecule has 0 aromatic heterocycles. The van der Waals surface area contributed by atoms with Crippen molar-refractivity contribution in [3.63, 3.8) is 0 Å². The molecule has 4 aliphatic rings. The number of carbonyl (C=O) groups excluding carboxylic acids is 3. The maximum absolute atomic E-state index is 12.0. The second-order valence-corrected chi connectivity index (χ2v) is 33.9. The summed E-state index contributed by atoms with van der Waals surface area (Å²) < 4.78 is 27.3. The van der Waals surface area contributed by atoms with Crippen LogP contribution in [0.5, 0.6) is 11.5 Å². The minimum atomic E-state index is -1.00. The van der Waals surface area contributed by atoms with Crippen molar-refractivity contribution >= 4 is 162 Å². The molecule has 12 nitrogen and oxygen atoms in total. The molecule has 394 valence electrons. The number of fused-ring (bicyclic) bond motifs is 2. The molecule has 0 saturated carbocycles. The summed E-state index contributed by atoms with van der Waals surface area (Å²) in [5.41, 5.74) is 5.95. The second kappa shape index (κ2) is 37.1. The minimum Gasteiger partial charge on any atom is -0.494 e. The van der Waals surface area contributed by atoms with Crippen molar-refractivity contribution in [1.29, 1.82) is 0 Å². The van der Waals surface area contributed by atoms with Crippen LogP contribution in [0.2, 0.25) is 20.1 Å². The van der Waals surface area contributed by atoms with Crippen molar-refractivity contribution in [3.05, 3.63) is 104 Å². The third kappa shape index (κ3) is 21.3. The Balaban J connectivity index is 0.000000323. The van der Waals surface area contributed by atoms with Gasteiger partial charge in [-0.15, -0.1) is 0 Å². The van der Waals surface area contributed by atoms with Gasteiger partial charge < -0.3 is 34.5 Å². The Kier molecular flexibility index (Phi) is 32.9. The molecule has 2 N–H and O–H groups in total. The van der Waals surface area contributed by atoms with Crippen molar-refractivity contribution in [2.45, 2.75) is 51.4 Å². The van der Waals surface area contributed by atoms with Gasteiger partial charge in [-0.05, 0) is 99.1 Å². The maximum Gasteiger partial charge on any atom is 0.229 e. The zero-order valence-corrected chi connectivity index (χ0v) is 53.0. The first-order valence-corrected chi connectivity index (χ1v) is 43.1. The normalized spacial score (nSPS) is 15.5. The standard InChI is InChI=1S/C24H29Cl2N3O3.C23H27Cl2N3O2.CH3F.CH2O.I3.I2/c25-20-4-3-5-21(24(20)26)28-13-11-27(12-14-28)10-1-2-15-32-19-8-6-18-7-9-23(31)29(17-30)22(18)16-19;24-19-4-3-5-21(23(19)25)28-13-11-27(12-14-28)10-1-2-15-30-18-8-6-17-7-9-22(29)26-20(17)16-18;2*1-2;1-3-2;1-2/h3-6,8,16,30H,1-2,7,9-15,17H2;3-6,8,16H,1-2,7,9-15H2,(H,26,29);1H3;1H2;;/q;;;;-1;/i;;1D;;;. The van der Waals surface area contributed by atoms with Crippen LogP contribution in [-0.4, -0.2) is 126 Å². The molecule has 0 bridgehead atoms. The van der Waals surface area contributed by atoms with E-state index in [1.165, 1.54) is 10.5 Å². The van der Waals surface area contributed by atoms with Crippen molar-refractivity contribution in [2.75, 3.05) is 113 Å². The number of amides is 2. The average molecular weight is 1630 g/mol. The fourth-order valence-electron chi connectivity index (χ4n) is 8.36. The first-order chi connectivity index (χ1) is 35.0. The molecule has 8 rings (SSSR count). The Morgan fingerprint density at radius 3 is 1.61 bits per heavy atom. The second-order valence-electron chi connectivity index (χ2n) is 16.1. The number of anilines is 4. The van der Waals surface area contributed by atoms with E-state index < -0.39 is 7.15 Å². The number of piperazine rings is 2. The van der Waals surface area contributed by atoms with Crippen LogP contribution in [-0.2, 0) is 27.2 Å². The van der Waals surface area contributed by atoms with Crippen molar-refractivity contribution in [3.8, 4) is 11.5 Å². The number of hydrogen-bond donors (Lipinski definition) is 2. The Bertz CT molecular complexity index is 2240. The summed E-state index contributed by atoms with van der Waals surface area (Å²) in [4.78, 5) is 42.5. The molecule has 4 heterocycles. The van der Waals surface area contributed by atoms with Gasteiger partial charge in [-0.3, -0.25) is 28.7 Å². The average Bonchev–Trinajstić information content (AvgIpc) is 3.40. The number of nitrogens with zero attached hydrogens (tertiary/aromatic N) is 5. The molecular formula is C49H61Cl4FI5N6O6-. The molecule has 22 heteroatoms. The van der Waals surface area contributed by atoms with E-state index in [9.17, 15) is 19.1 Å². The Labute approximate surface area is 493 Å². The number of nitrogens with one attached hydrogen (secondary N) is 1. The van der Waals surface area contributed by atoms with Gasteiger partial charge in [0.15, 0.2) is 0 Å². The molecule has 0 aliphatic carbocycles. The molecule has 0 unspecified atom stereocenters. The summed E-state index contributed by atoms with van der Waals surface area (Å²) in [7, 11) is -1.00. The number of rotatable bonds is 15. The smallest absolute Gasteiger partial charge is 0.229 e. The monoisotopic (exact) mass is 1620 g/mol. The first-order valence-electron chi connectivity index (χ1n) is 23.4. The first kappa shape index (κ1) is 62.8. The van der Waals surface area contributed by atoms with Crippen LogP contribution in [0.15, 0.2) is 72.8 Å². The topological polar surface area (TPSA) is 118 Å². The predicted octanol–water partition coefficient (Wildman–Crippen LogP) is 10.0. The van der Waals surface area contributed by atoms with Crippen LogP contribution in [0, 0.1) is 0 Å². The van der Waals surface area contributed by atoms with Gasteiger partial charge in [0.1, 0.15) is 25.0 Å². The van der Waals surface area contributed by atoms with Crippen LogP contribution in [0.25, 0.3) is 0 Å². The van der Waals surface area contributed by atoms with E-state index in [1.54, 1.807) is 0 Å². The van der Waals surface area contributed by atoms with Gasteiger partial charge >= 0.3 is 50.5 Å². The van der Waals surface area contributed by atoms with Crippen LogP contribution in [0.3, 0.4) is 0 Å². The van der Waals surface area contributed by atoms with Gasteiger partial charge in [-0.2, -0.15) is 0 Å². The molecule has 0 radical (unpaired) electrons. The number of aliphatic hydroxyl groups is 1. The summed E-state index contributed by atoms with van der Waals surface area (Å²) in [6.45, 7) is 13.0. The Morgan fingerprint density at radius 1 is 0.676 bits per heavy atom. The molecular weight excluding hydrogens is 1560 g/mol. The number of carbonyl (C=O) groups is 3. The molecule has 2 amide bonds. The Hall–Kier alpha value is -0.690. The van der Waals surface area contributed by atoms with E-state index in [2.05, 4.69) is 105 Å². The number of aryl methyl sites for hydroxylation is 2. The maximum atomic E-state index is 12.0. The zero-order chi connectivity index (χ0) is 52.8. The zero-order valence-electron chi connectivity index (χ0n) is 40.2. The van der Waals surface area contributed by atoms with E-state index in [1.807, 2.05) is 73.5 Å². The molecule has 0 spiro atoms. The molecule has 71 heavy (non-hydrogen) atoms. The van der Waals surface area contributed by atoms with E-state index in [0.717, 1.165) is 137 Å². The number of aliphatic hydroxyl groups excluding tert-OH is 1. The van der Waals surface area contributed by atoms with Gasteiger partial charge in [-0.25, -0.2) is 0 Å². The fraction of sp³-hybridized carbons (Fsp3) is 0.449. The van der Waals surface area contributed by atoms with E-state index in [4.69, 9.17) is 62.0 Å². The summed E-state index contributed by atoms with van der Waals surface area (Å²) in [5.74, 6) is 1.60.